The van der Waals surface area contributed by atoms with E-state index in [1.54, 1.807) is 0 Å². The second kappa shape index (κ2) is 17.1. The van der Waals surface area contributed by atoms with E-state index in [1.165, 1.54) is 26.2 Å². The van der Waals surface area contributed by atoms with Gasteiger partial charge in [0.15, 0.2) is 0 Å². The van der Waals surface area contributed by atoms with Crippen molar-refractivity contribution in [3.05, 3.63) is 216 Å². The van der Waals surface area contributed by atoms with Crippen LogP contribution in [-0.2, 0) is 16.2 Å². The number of thiophene rings is 1. The van der Waals surface area contributed by atoms with Gasteiger partial charge in [0.2, 0.25) is 0 Å². The van der Waals surface area contributed by atoms with E-state index < -0.39 is 6.85 Å². The Labute approximate surface area is 450 Å². The summed E-state index contributed by atoms with van der Waals surface area (Å²) in [6, 6.07) is 69.8. The third kappa shape index (κ3) is 7.79. The zero-order chi connectivity index (χ0) is 54.2. The minimum atomic E-state index is -2.44. The van der Waals surface area contributed by atoms with Crippen LogP contribution in [-0.4, -0.2) is 6.71 Å². The monoisotopic (exact) mass is 994 g/mol. The van der Waals surface area contributed by atoms with Crippen LogP contribution in [0.3, 0.4) is 0 Å². The minimum absolute atomic E-state index is 0.0376. The van der Waals surface area contributed by atoms with Gasteiger partial charge in [0.05, 0.1) is 11.4 Å². The van der Waals surface area contributed by atoms with Gasteiger partial charge in [-0.3, -0.25) is 0 Å². The summed E-state index contributed by atoms with van der Waals surface area (Å²) in [5.74, 6) is 0. The van der Waals surface area contributed by atoms with E-state index in [9.17, 15) is 4.11 Å². The third-order valence-electron chi connectivity index (χ3n) is 15.6. The summed E-state index contributed by atoms with van der Waals surface area (Å²) < 4.78 is 36.6. The van der Waals surface area contributed by atoms with Crippen molar-refractivity contribution >= 4 is 117 Å². The number of anilines is 9. The number of nitrogens with zero attached hydrogens (tertiary/aromatic N) is 3. The lowest BCUT2D eigenvalue weighted by Gasteiger charge is -2.44. The number of rotatable bonds is 6. The van der Waals surface area contributed by atoms with Gasteiger partial charge in [0, 0.05) is 75.1 Å². The second-order valence-electron chi connectivity index (χ2n) is 23.6. The summed E-state index contributed by atoms with van der Waals surface area (Å²) in [5, 5.41) is 3.17. The molecule has 0 saturated heterocycles. The highest BCUT2D eigenvalue weighted by molar-refractivity contribution is 7.33. The molecule has 0 unspecified atom stereocenters. The first-order chi connectivity index (χ1) is 37.2. The first kappa shape index (κ1) is 43.6. The predicted octanol–water partition coefficient (Wildman–Crippen LogP) is 18.2. The minimum Gasteiger partial charge on any atom is -0.456 e. The van der Waals surface area contributed by atoms with Crippen molar-refractivity contribution in [2.75, 3.05) is 14.7 Å². The van der Waals surface area contributed by atoms with Gasteiger partial charge in [-0.05, 0) is 153 Å². The molecule has 13 rings (SSSR count). The molecule has 0 radical (unpaired) electrons. The topological polar surface area (TPSA) is 22.9 Å². The first-order valence-corrected chi connectivity index (χ1v) is 27.1. The lowest BCUT2D eigenvalue weighted by atomic mass is 9.36. The molecule has 0 N–H and O–H groups in total. The van der Waals surface area contributed by atoms with E-state index >= 15 is 0 Å². The third-order valence-corrected chi connectivity index (χ3v) is 16.8. The lowest BCUT2D eigenvalue weighted by Crippen LogP contribution is -2.60. The maximum atomic E-state index is 9.24. The Balaban J connectivity index is 1.14. The quantitative estimate of drug-likeness (QED) is 0.155. The fraction of sp³-hybridized carbons (Fsp3) is 0.188. The fourth-order valence-electron chi connectivity index (χ4n) is 11.7. The number of para-hydroxylation sites is 2. The highest BCUT2D eigenvalue weighted by Gasteiger charge is 2.46. The molecule has 11 aromatic rings. The standard InChI is InChI=1S/C69H62BN3OS/c1-43-38-59-64-60(39-43)73(49-31-26-46(27-32-49)68(5,6)7)65-55-40-47(69(8,9)10)28-37-63(55)75-66(65)70(64)56-35-33-51(42-58(56)72(59)50-34-36-62-54(41-50)53-21-15-17-23-61(53)74-62)71(48-29-24-45(25-30-48)67(2,3)4)57-22-16-14-20-52(57)44-18-12-11-13-19-44/h11-42H,1-10H3/i1D3. The number of hydrogen-bond donors (Lipinski definition) is 0. The van der Waals surface area contributed by atoms with Gasteiger partial charge in [0.1, 0.15) is 11.2 Å². The number of furan rings is 1. The van der Waals surface area contributed by atoms with Crippen LogP contribution in [0.4, 0.5) is 51.2 Å². The van der Waals surface area contributed by atoms with Crippen LogP contribution in [0.2, 0.25) is 0 Å². The molecular weight excluding hydrogens is 930 g/mol. The number of hydrogen-bond acceptors (Lipinski definition) is 5. The van der Waals surface area contributed by atoms with Crippen LogP contribution in [0.1, 0.15) is 88.7 Å². The van der Waals surface area contributed by atoms with Crippen LogP contribution >= 0.6 is 11.3 Å². The van der Waals surface area contributed by atoms with Crippen molar-refractivity contribution in [3.63, 3.8) is 0 Å². The Morgan fingerprint density at radius 3 is 1.83 bits per heavy atom. The van der Waals surface area contributed by atoms with Crippen LogP contribution < -0.4 is 30.4 Å². The van der Waals surface area contributed by atoms with Gasteiger partial charge in [-0.2, -0.15) is 0 Å². The summed E-state index contributed by atoms with van der Waals surface area (Å²) in [7, 11) is 0. The van der Waals surface area contributed by atoms with E-state index in [0.717, 1.165) is 101 Å². The molecule has 75 heavy (non-hydrogen) atoms. The molecule has 6 heteroatoms. The zero-order valence-corrected chi connectivity index (χ0v) is 45.0. The first-order valence-electron chi connectivity index (χ1n) is 27.8. The van der Waals surface area contributed by atoms with E-state index in [4.69, 9.17) is 4.42 Å². The SMILES string of the molecule is [2H]C([2H])([2H])c1cc2c3c(c1)N(c1ccc(C(C)(C)C)cc1)c1c(sc4ccc(C(C)(C)C)cc14)B3c1ccc(N(c3ccc(C(C)(C)C)cc3)c3ccccc3-c3ccccc3)cc1N2c1ccc2oc3ccccc3c2c1. The highest BCUT2D eigenvalue weighted by Crippen LogP contribution is 2.51. The summed E-state index contributed by atoms with van der Waals surface area (Å²) in [6.07, 6.45) is 0. The molecule has 0 saturated carbocycles. The van der Waals surface area contributed by atoms with Crippen molar-refractivity contribution in [2.45, 2.75) is 85.4 Å². The van der Waals surface area contributed by atoms with Gasteiger partial charge in [0.25, 0.3) is 6.71 Å². The van der Waals surface area contributed by atoms with Crippen molar-refractivity contribution < 1.29 is 8.53 Å². The summed E-state index contributed by atoms with van der Waals surface area (Å²) in [4.78, 5) is 7.11. The summed E-state index contributed by atoms with van der Waals surface area (Å²) in [5.41, 5.74) is 18.5. The Morgan fingerprint density at radius 2 is 1.11 bits per heavy atom. The van der Waals surface area contributed by atoms with E-state index in [2.05, 4.69) is 247 Å². The smallest absolute Gasteiger partial charge is 0.264 e. The Morgan fingerprint density at radius 1 is 0.493 bits per heavy atom. The highest BCUT2D eigenvalue weighted by atomic mass is 32.1. The predicted molar refractivity (Wildman–Crippen MR) is 324 cm³/mol. The molecule has 9 aromatic carbocycles. The van der Waals surface area contributed by atoms with Crippen LogP contribution in [0.5, 0.6) is 0 Å². The molecule has 0 aliphatic carbocycles. The summed E-state index contributed by atoms with van der Waals surface area (Å²) >= 11 is 1.85. The van der Waals surface area contributed by atoms with Crippen molar-refractivity contribution in [3.8, 4) is 11.1 Å². The van der Waals surface area contributed by atoms with Crippen LogP contribution in [0.15, 0.2) is 199 Å². The number of benzene rings is 9. The molecular formula is C69H62BN3OS. The average molecular weight is 995 g/mol. The van der Waals surface area contributed by atoms with Gasteiger partial charge in [-0.15, -0.1) is 11.3 Å². The van der Waals surface area contributed by atoms with Crippen molar-refractivity contribution in [1.29, 1.82) is 0 Å². The average Bonchev–Trinajstić information content (AvgIpc) is 3.34. The largest absolute Gasteiger partial charge is 0.456 e. The van der Waals surface area contributed by atoms with Gasteiger partial charge < -0.3 is 19.1 Å². The van der Waals surface area contributed by atoms with Gasteiger partial charge in [-0.1, -0.05) is 165 Å². The molecule has 0 atom stereocenters. The van der Waals surface area contributed by atoms with Gasteiger partial charge in [-0.25, -0.2) is 0 Å². The zero-order valence-electron chi connectivity index (χ0n) is 47.2. The number of fused-ring (bicyclic) bond motifs is 9. The molecule has 2 aromatic heterocycles. The molecule has 368 valence electrons. The molecule has 2 aliphatic rings. The normalized spacial score (nSPS) is 14.1. The van der Waals surface area contributed by atoms with E-state index in [-0.39, 0.29) is 28.5 Å². The second-order valence-corrected chi connectivity index (χ2v) is 24.7. The maximum Gasteiger partial charge on any atom is 0.264 e. The Bertz CT molecular complexity index is 4160. The summed E-state index contributed by atoms with van der Waals surface area (Å²) in [6.45, 7) is 17.6. The molecule has 0 bridgehead atoms. The molecule has 4 heterocycles. The van der Waals surface area contributed by atoms with E-state index in [0.29, 0.717) is 0 Å². The van der Waals surface area contributed by atoms with Crippen molar-refractivity contribution in [2.24, 2.45) is 0 Å². The maximum absolute atomic E-state index is 9.24. The number of aryl methyl sites for hydroxylation is 1. The molecule has 0 spiro atoms. The molecule has 4 nitrogen and oxygen atoms in total. The molecule has 0 fully saturated rings. The van der Waals surface area contributed by atoms with Gasteiger partial charge >= 0.3 is 0 Å². The van der Waals surface area contributed by atoms with E-state index in [1.807, 2.05) is 35.6 Å². The Hall–Kier alpha value is -7.80. The Kier molecular flexibility index (Phi) is 9.95. The molecule has 0 amide bonds. The van der Waals surface area contributed by atoms with Crippen molar-refractivity contribution in [1.82, 2.24) is 0 Å². The fourth-order valence-corrected chi connectivity index (χ4v) is 12.9. The lowest BCUT2D eigenvalue weighted by molar-refractivity contribution is 0.590. The molecule has 2 aliphatic heterocycles. The van der Waals surface area contributed by atoms with Crippen LogP contribution in [0, 0.1) is 6.85 Å². The van der Waals surface area contributed by atoms with Crippen LogP contribution in [0.25, 0.3) is 43.2 Å².